The first kappa shape index (κ1) is 17.2. The van der Waals surface area contributed by atoms with E-state index < -0.39 is 0 Å². The Balaban J connectivity index is 1.55. The molecular formula is C22H18N2O2S. The number of benzene rings is 3. The lowest BCUT2D eigenvalue weighted by molar-refractivity contribution is 0.0782. The molecule has 134 valence electrons. The SMILES string of the molecule is CN(Cc1nc2ccccc2s1)C(=O)c1ccccc1Oc1ccccc1. The summed E-state index contributed by atoms with van der Waals surface area (Å²) in [5.41, 5.74) is 1.50. The molecule has 0 aliphatic carbocycles. The Morgan fingerprint density at radius 3 is 2.48 bits per heavy atom. The Morgan fingerprint density at radius 1 is 0.963 bits per heavy atom. The van der Waals surface area contributed by atoms with E-state index in [0.29, 0.717) is 23.6 Å². The third-order valence-corrected chi connectivity index (χ3v) is 5.17. The van der Waals surface area contributed by atoms with E-state index in [1.54, 1.807) is 29.4 Å². The van der Waals surface area contributed by atoms with Gasteiger partial charge in [-0.2, -0.15) is 0 Å². The average molecular weight is 374 g/mol. The number of nitrogens with zero attached hydrogens (tertiary/aromatic N) is 2. The lowest BCUT2D eigenvalue weighted by atomic mass is 10.1. The maximum absolute atomic E-state index is 13.0. The van der Waals surface area contributed by atoms with Crippen molar-refractivity contribution in [3.8, 4) is 11.5 Å². The monoisotopic (exact) mass is 374 g/mol. The summed E-state index contributed by atoms with van der Waals surface area (Å²) in [7, 11) is 1.79. The molecule has 1 heterocycles. The zero-order valence-electron chi connectivity index (χ0n) is 14.8. The van der Waals surface area contributed by atoms with Crippen LogP contribution in [-0.4, -0.2) is 22.8 Å². The second kappa shape index (κ2) is 7.60. The van der Waals surface area contributed by atoms with Crippen LogP contribution in [0.3, 0.4) is 0 Å². The number of ether oxygens (including phenoxy) is 1. The number of amides is 1. The Kier molecular flexibility index (Phi) is 4.85. The number of aromatic nitrogens is 1. The van der Waals surface area contributed by atoms with Gasteiger partial charge in [-0.05, 0) is 36.4 Å². The fraction of sp³-hybridized carbons (Fsp3) is 0.0909. The van der Waals surface area contributed by atoms with Crippen molar-refractivity contribution < 1.29 is 9.53 Å². The summed E-state index contributed by atoms with van der Waals surface area (Å²) in [6.45, 7) is 0.456. The Morgan fingerprint density at radius 2 is 1.67 bits per heavy atom. The Hall–Kier alpha value is -3.18. The molecule has 0 radical (unpaired) electrons. The molecule has 1 amide bonds. The minimum atomic E-state index is -0.0965. The van der Waals surface area contributed by atoms with Crippen molar-refractivity contribution in [1.82, 2.24) is 9.88 Å². The van der Waals surface area contributed by atoms with Crippen molar-refractivity contribution in [2.24, 2.45) is 0 Å². The highest BCUT2D eigenvalue weighted by molar-refractivity contribution is 7.18. The van der Waals surface area contributed by atoms with Gasteiger partial charge in [-0.25, -0.2) is 4.98 Å². The van der Waals surface area contributed by atoms with Crippen LogP contribution in [-0.2, 0) is 6.54 Å². The number of hydrogen-bond acceptors (Lipinski definition) is 4. The van der Waals surface area contributed by atoms with Gasteiger partial charge >= 0.3 is 0 Å². The molecule has 27 heavy (non-hydrogen) atoms. The minimum absolute atomic E-state index is 0.0965. The van der Waals surface area contributed by atoms with Gasteiger partial charge in [-0.3, -0.25) is 4.79 Å². The molecule has 0 aliphatic heterocycles. The number of para-hydroxylation sites is 3. The van der Waals surface area contributed by atoms with E-state index in [-0.39, 0.29) is 5.91 Å². The van der Waals surface area contributed by atoms with E-state index in [1.165, 1.54) is 0 Å². The summed E-state index contributed by atoms with van der Waals surface area (Å²) >= 11 is 1.61. The summed E-state index contributed by atoms with van der Waals surface area (Å²) in [5, 5.41) is 0.911. The van der Waals surface area contributed by atoms with Gasteiger partial charge in [-0.1, -0.05) is 42.5 Å². The van der Waals surface area contributed by atoms with E-state index >= 15 is 0 Å². The van der Waals surface area contributed by atoms with Crippen LogP contribution in [0.25, 0.3) is 10.2 Å². The van der Waals surface area contributed by atoms with Gasteiger partial charge in [0.15, 0.2) is 0 Å². The maximum Gasteiger partial charge on any atom is 0.257 e. The molecule has 0 fully saturated rings. The molecule has 0 aliphatic rings. The highest BCUT2D eigenvalue weighted by atomic mass is 32.1. The van der Waals surface area contributed by atoms with Crippen LogP contribution in [0.1, 0.15) is 15.4 Å². The molecule has 0 saturated heterocycles. The molecule has 0 saturated carbocycles. The average Bonchev–Trinajstić information content (AvgIpc) is 3.11. The number of carbonyl (C=O) groups excluding carboxylic acids is 1. The molecular weight excluding hydrogens is 356 g/mol. The number of hydrogen-bond donors (Lipinski definition) is 0. The zero-order chi connectivity index (χ0) is 18.6. The first-order valence-electron chi connectivity index (χ1n) is 8.62. The summed E-state index contributed by atoms with van der Waals surface area (Å²) in [4.78, 5) is 19.3. The van der Waals surface area contributed by atoms with Gasteiger partial charge in [0.2, 0.25) is 0 Å². The highest BCUT2D eigenvalue weighted by Crippen LogP contribution is 2.27. The maximum atomic E-state index is 13.0. The van der Waals surface area contributed by atoms with Crippen LogP contribution in [0.15, 0.2) is 78.9 Å². The van der Waals surface area contributed by atoms with E-state index in [9.17, 15) is 4.79 Å². The van der Waals surface area contributed by atoms with E-state index in [4.69, 9.17) is 4.74 Å². The standard InChI is InChI=1S/C22H18N2O2S/c1-24(15-21-23-18-12-6-8-14-20(18)27-21)22(25)17-11-5-7-13-19(17)26-16-9-3-2-4-10-16/h2-14H,15H2,1H3. The van der Waals surface area contributed by atoms with Crippen molar-refractivity contribution in [1.29, 1.82) is 0 Å². The van der Waals surface area contributed by atoms with Crippen LogP contribution in [0, 0.1) is 0 Å². The van der Waals surface area contributed by atoms with Gasteiger partial charge in [0.25, 0.3) is 5.91 Å². The van der Waals surface area contributed by atoms with Crippen LogP contribution in [0.4, 0.5) is 0 Å². The van der Waals surface area contributed by atoms with Gasteiger partial charge in [0.05, 0.1) is 22.3 Å². The third-order valence-electron chi connectivity index (χ3n) is 4.15. The van der Waals surface area contributed by atoms with Crippen molar-refractivity contribution >= 4 is 27.5 Å². The van der Waals surface area contributed by atoms with E-state index in [1.807, 2.05) is 72.8 Å². The molecule has 5 heteroatoms. The largest absolute Gasteiger partial charge is 0.457 e. The van der Waals surface area contributed by atoms with Gasteiger partial charge in [0.1, 0.15) is 16.5 Å². The molecule has 0 unspecified atom stereocenters. The third kappa shape index (κ3) is 3.83. The molecule has 0 atom stereocenters. The molecule has 4 nitrogen and oxygen atoms in total. The molecule has 0 N–H and O–H groups in total. The Bertz CT molecular complexity index is 1040. The molecule has 0 spiro atoms. The van der Waals surface area contributed by atoms with Crippen LogP contribution in [0.2, 0.25) is 0 Å². The fourth-order valence-electron chi connectivity index (χ4n) is 2.82. The van der Waals surface area contributed by atoms with E-state index in [2.05, 4.69) is 4.98 Å². The molecule has 4 rings (SSSR count). The molecule has 1 aromatic heterocycles. The molecule has 0 bridgehead atoms. The number of fused-ring (bicyclic) bond motifs is 1. The highest BCUT2D eigenvalue weighted by Gasteiger charge is 2.18. The molecule has 3 aromatic carbocycles. The number of carbonyl (C=O) groups is 1. The minimum Gasteiger partial charge on any atom is -0.457 e. The quantitative estimate of drug-likeness (QED) is 0.472. The first-order chi connectivity index (χ1) is 13.2. The summed E-state index contributed by atoms with van der Waals surface area (Å²) in [5.74, 6) is 1.15. The topological polar surface area (TPSA) is 42.4 Å². The van der Waals surface area contributed by atoms with Crippen molar-refractivity contribution in [2.75, 3.05) is 7.05 Å². The molecule has 4 aromatic rings. The first-order valence-corrected chi connectivity index (χ1v) is 9.44. The summed E-state index contributed by atoms with van der Waals surface area (Å²) < 4.78 is 7.04. The zero-order valence-corrected chi connectivity index (χ0v) is 15.6. The second-order valence-electron chi connectivity index (χ2n) is 6.15. The Labute approximate surface area is 161 Å². The second-order valence-corrected chi connectivity index (χ2v) is 7.26. The van der Waals surface area contributed by atoms with Crippen molar-refractivity contribution in [3.63, 3.8) is 0 Å². The van der Waals surface area contributed by atoms with E-state index in [0.717, 1.165) is 15.2 Å². The van der Waals surface area contributed by atoms with Gasteiger partial charge in [0, 0.05) is 7.05 Å². The number of thiazole rings is 1. The predicted molar refractivity (Wildman–Crippen MR) is 108 cm³/mol. The van der Waals surface area contributed by atoms with Crippen LogP contribution in [0.5, 0.6) is 11.5 Å². The predicted octanol–water partition coefficient (Wildman–Crippen LogP) is 5.36. The number of rotatable bonds is 5. The smallest absolute Gasteiger partial charge is 0.257 e. The normalized spacial score (nSPS) is 10.7. The van der Waals surface area contributed by atoms with Gasteiger partial charge < -0.3 is 9.64 Å². The van der Waals surface area contributed by atoms with Gasteiger partial charge in [-0.15, -0.1) is 11.3 Å². The van der Waals surface area contributed by atoms with Crippen molar-refractivity contribution in [3.05, 3.63) is 89.4 Å². The van der Waals surface area contributed by atoms with Crippen LogP contribution >= 0.6 is 11.3 Å². The lowest BCUT2D eigenvalue weighted by Gasteiger charge is -2.18. The summed E-state index contributed by atoms with van der Waals surface area (Å²) in [6.07, 6.45) is 0. The van der Waals surface area contributed by atoms with Crippen LogP contribution < -0.4 is 4.74 Å². The van der Waals surface area contributed by atoms with Crippen molar-refractivity contribution in [2.45, 2.75) is 6.54 Å². The fourth-order valence-corrected chi connectivity index (χ4v) is 3.84. The summed E-state index contributed by atoms with van der Waals surface area (Å²) in [6, 6.07) is 24.8. The lowest BCUT2D eigenvalue weighted by Crippen LogP contribution is -2.26.